The van der Waals surface area contributed by atoms with Gasteiger partial charge in [0.1, 0.15) is 10.9 Å². The molecule has 0 amide bonds. The summed E-state index contributed by atoms with van der Waals surface area (Å²) in [6.45, 7) is 4.14. The van der Waals surface area contributed by atoms with E-state index in [-0.39, 0.29) is 11.7 Å². The quantitative estimate of drug-likeness (QED) is 0.389. The second-order valence-corrected chi connectivity index (χ2v) is 9.39. The lowest BCUT2D eigenvalue weighted by molar-refractivity contribution is -0.137. The molecule has 2 aromatic carbocycles. The number of aromatic nitrogens is 2. The average Bonchev–Trinajstić information content (AvgIpc) is 3.33. The highest BCUT2D eigenvalue weighted by molar-refractivity contribution is 7.17. The van der Waals surface area contributed by atoms with Crippen LogP contribution in [0.25, 0.3) is 21.5 Å². The van der Waals surface area contributed by atoms with Gasteiger partial charge in [0.25, 0.3) is 0 Å². The third-order valence-electron chi connectivity index (χ3n) is 6.34. The van der Waals surface area contributed by atoms with Crippen molar-refractivity contribution in [3.8, 4) is 10.6 Å². The van der Waals surface area contributed by atoms with Crippen LogP contribution in [0.15, 0.2) is 59.6 Å². The minimum Gasteiger partial charge on any atom is -0.480 e. The summed E-state index contributed by atoms with van der Waals surface area (Å²) in [5.41, 5.74) is 4.06. The molecule has 0 saturated heterocycles. The molecule has 2 aromatic heterocycles. The van der Waals surface area contributed by atoms with Gasteiger partial charge in [0, 0.05) is 46.8 Å². The van der Waals surface area contributed by atoms with E-state index in [1.807, 2.05) is 68.4 Å². The van der Waals surface area contributed by atoms with Gasteiger partial charge in [-0.1, -0.05) is 55.5 Å². The molecule has 4 aromatic rings. The van der Waals surface area contributed by atoms with Crippen molar-refractivity contribution in [3.63, 3.8) is 0 Å². The van der Waals surface area contributed by atoms with E-state index < -0.39 is 17.8 Å². The number of carboxylic acid groups (broad SMARTS) is 1. The Labute approximate surface area is 195 Å². The highest BCUT2D eigenvalue weighted by Crippen LogP contribution is 2.41. The van der Waals surface area contributed by atoms with Crippen LogP contribution in [-0.4, -0.2) is 39.6 Å². The minimum absolute atomic E-state index is 0.0115. The predicted molar refractivity (Wildman–Crippen MR) is 131 cm³/mol. The molecule has 3 heterocycles. The smallest absolute Gasteiger partial charge is 0.318 e. The molecule has 166 valence electrons. The SMILES string of the molecule is Cc1nc(-c2ccccc2)sc1C(=O)C(C)C1CN=CC(C(=O)O)c2[nH]c3ccccc3c21. The zero-order valence-electron chi connectivity index (χ0n) is 18.3. The number of carbonyl (C=O) groups excluding carboxylic acids is 1. The van der Waals surface area contributed by atoms with Gasteiger partial charge >= 0.3 is 5.97 Å². The lowest BCUT2D eigenvalue weighted by Gasteiger charge is -2.22. The van der Waals surface area contributed by atoms with E-state index in [2.05, 4.69) is 15.0 Å². The lowest BCUT2D eigenvalue weighted by atomic mass is 9.81. The molecule has 33 heavy (non-hydrogen) atoms. The maximum atomic E-state index is 13.7. The number of H-pyrrole nitrogens is 1. The molecular formula is C26H23N3O3S. The van der Waals surface area contributed by atoms with Crippen LogP contribution in [0.4, 0.5) is 0 Å². The second-order valence-electron chi connectivity index (χ2n) is 8.39. The van der Waals surface area contributed by atoms with E-state index in [1.165, 1.54) is 17.6 Å². The highest BCUT2D eigenvalue weighted by Gasteiger charge is 2.36. The Balaban J connectivity index is 1.56. The Hall–Kier alpha value is -3.58. The number of fused-ring (bicyclic) bond motifs is 3. The Morgan fingerprint density at radius 1 is 1.12 bits per heavy atom. The van der Waals surface area contributed by atoms with Crippen molar-refractivity contribution in [1.82, 2.24) is 9.97 Å². The molecule has 0 bridgehead atoms. The number of ketones is 1. The largest absolute Gasteiger partial charge is 0.480 e. The van der Waals surface area contributed by atoms with Crippen LogP contribution < -0.4 is 0 Å². The lowest BCUT2D eigenvalue weighted by Crippen LogP contribution is -2.22. The molecule has 6 nitrogen and oxygen atoms in total. The van der Waals surface area contributed by atoms with Gasteiger partial charge in [-0.05, 0) is 18.6 Å². The second kappa shape index (κ2) is 8.41. The van der Waals surface area contributed by atoms with Gasteiger partial charge in [-0.25, -0.2) is 4.98 Å². The first-order valence-corrected chi connectivity index (χ1v) is 11.7. The van der Waals surface area contributed by atoms with Crippen molar-refractivity contribution in [2.45, 2.75) is 25.7 Å². The van der Waals surface area contributed by atoms with Crippen molar-refractivity contribution in [1.29, 1.82) is 0 Å². The normalized spacial score (nSPS) is 18.6. The maximum absolute atomic E-state index is 13.7. The number of carbonyl (C=O) groups is 2. The van der Waals surface area contributed by atoms with Gasteiger partial charge in [0.15, 0.2) is 5.78 Å². The van der Waals surface area contributed by atoms with Gasteiger partial charge in [-0.15, -0.1) is 11.3 Å². The standard InChI is InChI=1S/C26H23N3O3S/c1-14(23(30)24-15(2)28-25(33-24)16-8-4-3-5-9-16)18-12-27-13-19(26(31)32)22-21(18)17-10-6-7-11-20(17)29-22/h3-11,13-14,18-19,29H,12H2,1-2H3,(H,31,32). The first-order chi connectivity index (χ1) is 16.0. The number of hydrogen-bond donors (Lipinski definition) is 2. The molecule has 0 spiro atoms. The minimum atomic E-state index is -0.961. The molecule has 3 unspecified atom stereocenters. The number of nitrogens with one attached hydrogen (secondary N) is 1. The Morgan fingerprint density at radius 2 is 1.85 bits per heavy atom. The predicted octanol–water partition coefficient (Wildman–Crippen LogP) is 5.46. The van der Waals surface area contributed by atoms with Crippen LogP contribution in [-0.2, 0) is 4.79 Å². The summed E-state index contributed by atoms with van der Waals surface area (Å²) in [5, 5.41) is 11.6. The number of Topliss-reactive ketones (excluding diaryl/α,β-unsaturated/α-hetero) is 1. The zero-order chi connectivity index (χ0) is 23.1. The fraction of sp³-hybridized carbons (Fsp3) is 0.231. The van der Waals surface area contributed by atoms with E-state index >= 15 is 0 Å². The molecule has 7 heteroatoms. The van der Waals surface area contributed by atoms with Gasteiger partial charge in [0.2, 0.25) is 0 Å². The van der Waals surface area contributed by atoms with Crippen molar-refractivity contribution < 1.29 is 14.7 Å². The summed E-state index contributed by atoms with van der Waals surface area (Å²) >= 11 is 1.41. The van der Waals surface area contributed by atoms with Crippen LogP contribution in [0.3, 0.4) is 0 Å². The molecule has 5 rings (SSSR count). The summed E-state index contributed by atoms with van der Waals surface area (Å²) in [7, 11) is 0. The Morgan fingerprint density at radius 3 is 2.61 bits per heavy atom. The monoisotopic (exact) mass is 457 g/mol. The number of benzene rings is 2. The number of hydrogen-bond acceptors (Lipinski definition) is 5. The Kier molecular flexibility index (Phi) is 5.42. The molecule has 0 aliphatic carbocycles. The van der Waals surface area contributed by atoms with E-state index in [9.17, 15) is 14.7 Å². The van der Waals surface area contributed by atoms with Gasteiger partial charge < -0.3 is 10.1 Å². The fourth-order valence-corrected chi connectivity index (χ4v) is 5.70. The molecule has 1 aliphatic rings. The summed E-state index contributed by atoms with van der Waals surface area (Å²) in [6, 6.07) is 17.6. The van der Waals surface area contributed by atoms with E-state index in [4.69, 9.17) is 0 Å². The molecule has 0 radical (unpaired) electrons. The maximum Gasteiger partial charge on any atom is 0.318 e. The number of aromatic amines is 1. The fourth-order valence-electron chi connectivity index (χ4n) is 4.59. The topological polar surface area (TPSA) is 95.4 Å². The number of aryl methyl sites for hydroxylation is 1. The number of nitrogens with zero attached hydrogens (tertiary/aromatic N) is 2. The summed E-state index contributed by atoms with van der Waals surface area (Å²) in [5.74, 6) is -2.45. The first kappa shape index (κ1) is 21.3. The van der Waals surface area contributed by atoms with Gasteiger partial charge in [0.05, 0.1) is 10.6 Å². The summed E-state index contributed by atoms with van der Waals surface area (Å²) < 4.78 is 0. The summed E-state index contributed by atoms with van der Waals surface area (Å²) in [6.07, 6.45) is 1.49. The molecule has 1 aliphatic heterocycles. The molecule has 0 fully saturated rings. The van der Waals surface area contributed by atoms with Gasteiger partial charge in [-0.3, -0.25) is 14.6 Å². The first-order valence-electron chi connectivity index (χ1n) is 10.9. The number of carboxylic acids is 1. The molecular weight excluding hydrogens is 434 g/mol. The van der Waals surface area contributed by atoms with Crippen LogP contribution in [0, 0.1) is 12.8 Å². The van der Waals surface area contributed by atoms with Crippen LogP contribution in [0.2, 0.25) is 0 Å². The number of rotatable bonds is 5. The number of aliphatic carboxylic acids is 1. The van der Waals surface area contributed by atoms with Gasteiger partial charge in [-0.2, -0.15) is 0 Å². The van der Waals surface area contributed by atoms with Crippen molar-refractivity contribution in [2.75, 3.05) is 6.54 Å². The van der Waals surface area contributed by atoms with Crippen molar-refractivity contribution >= 4 is 40.2 Å². The third-order valence-corrected chi connectivity index (χ3v) is 7.56. The highest BCUT2D eigenvalue weighted by atomic mass is 32.1. The van der Waals surface area contributed by atoms with Crippen molar-refractivity contribution in [3.05, 3.63) is 76.4 Å². The average molecular weight is 458 g/mol. The number of para-hydroxylation sites is 1. The molecule has 3 atom stereocenters. The third kappa shape index (κ3) is 3.68. The van der Waals surface area contributed by atoms with E-state index in [0.29, 0.717) is 17.1 Å². The number of aliphatic imine (C=N–C) groups is 1. The van der Waals surface area contributed by atoms with Crippen LogP contribution in [0.5, 0.6) is 0 Å². The van der Waals surface area contributed by atoms with Crippen molar-refractivity contribution in [2.24, 2.45) is 10.9 Å². The Bertz CT molecular complexity index is 1390. The van der Waals surface area contributed by atoms with E-state index in [0.717, 1.165) is 32.7 Å². The van der Waals surface area contributed by atoms with Crippen LogP contribution >= 0.6 is 11.3 Å². The molecule has 0 saturated carbocycles. The van der Waals surface area contributed by atoms with E-state index in [1.54, 1.807) is 0 Å². The number of thiazole rings is 1. The zero-order valence-corrected chi connectivity index (χ0v) is 19.1. The molecule has 2 N–H and O–H groups in total. The van der Waals surface area contributed by atoms with Crippen LogP contribution in [0.1, 0.15) is 45.4 Å². The summed E-state index contributed by atoms with van der Waals surface area (Å²) in [4.78, 5) is 38.7.